The maximum atomic E-state index is 11.6. The van der Waals surface area contributed by atoms with Gasteiger partial charge in [0.1, 0.15) is 6.61 Å². The molecule has 0 aliphatic heterocycles. The number of hydrogen-bond donors (Lipinski definition) is 1. The summed E-state index contributed by atoms with van der Waals surface area (Å²) >= 11 is 0. The summed E-state index contributed by atoms with van der Waals surface area (Å²) in [5.74, 6) is -0.0792. The van der Waals surface area contributed by atoms with Gasteiger partial charge in [-0.1, -0.05) is 31.2 Å². The van der Waals surface area contributed by atoms with Crippen LogP contribution in [-0.4, -0.2) is 18.1 Å². The summed E-state index contributed by atoms with van der Waals surface area (Å²) in [6.45, 7) is 8.59. The monoisotopic (exact) mass is 249 g/mol. The lowest BCUT2D eigenvalue weighted by Crippen LogP contribution is -2.31. The summed E-state index contributed by atoms with van der Waals surface area (Å²) in [7, 11) is 0. The van der Waals surface area contributed by atoms with E-state index in [1.54, 1.807) is 0 Å². The van der Waals surface area contributed by atoms with Crippen LogP contribution in [0.15, 0.2) is 24.3 Å². The van der Waals surface area contributed by atoms with Crippen molar-refractivity contribution in [1.29, 1.82) is 0 Å². The second kappa shape index (κ2) is 6.55. The van der Waals surface area contributed by atoms with Crippen LogP contribution < -0.4 is 5.32 Å². The van der Waals surface area contributed by atoms with Crippen LogP contribution in [0.25, 0.3) is 0 Å². The molecule has 0 saturated heterocycles. The third kappa shape index (κ3) is 5.82. The maximum Gasteiger partial charge on any atom is 0.246 e. The Hall–Kier alpha value is -1.35. The molecular formula is C15H23NO2. The first-order chi connectivity index (χ1) is 8.40. The number of aryl methyl sites for hydroxylation is 1. The van der Waals surface area contributed by atoms with Crippen LogP contribution in [-0.2, 0) is 22.5 Å². The van der Waals surface area contributed by atoms with Gasteiger partial charge in [0.25, 0.3) is 0 Å². The van der Waals surface area contributed by atoms with Crippen molar-refractivity contribution in [2.45, 2.75) is 46.3 Å². The molecule has 0 fully saturated rings. The molecule has 3 heteroatoms. The quantitative estimate of drug-likeness (QED) is 0.871. The van der Waals surface area contributed by atoms with E-state index in [0.717, 1.165) is 12.0 Å². The molecule has 0 aromatic heterocycles. The van der Waals surface area contributed by atoms with Gasteiger partial charge < -0.3 is 10.1 Å². The minimum Gasteiger partial charge on any atom is -0.366 e. The average Bonchev–Trinajstić information content (AvgIpc) is 2.33. The van der Waals surface area contributed by atoms with Crippen LogP contribution in [0.4, 0.5) is 0 Å². The van der Waals surface area contributed by atoms with Crippen LogP contribution >= 0.6 is 0 Å². The molecule has 1 rings (SSSR count). The molecular weight excluding hydrogens is 226 g/mol. The topological polar surface area (TPSA) is 38.3 Å². The van der Waals surface area contributed by atoms with Crippen LogP contribution in [0, 0.1) is 0 Å². The lowest BCUT2D eigenvalue weighted by molar-refractivity contribution is -0.130. The van der Waals surface area contributed by atoms with Gasteiger partial charge in [-0.2, -0.15) is 0 Å². The van der Waals surface area contributed by atoms with Gasteiger partial charge in [-0.05, 0) is 38.3 Å². The van der Waals surface area contributed by atoms with Gasteiger partial charge in [-0.3, -0.25) is 4.79 Å². The summed E-state index contributed by atoms with van der Waals surface area (Å²) in [6, 6.07) is 8.27. The fraction of sp³-hybridized carbons (Fsp3) is 0.533. The van der Waals surface area contributed by atoms with E-state index in [2.05, 4.69) is 24.4 Å². The van der Waals surface area contributed by atoms with Gasteiger partial charge in [0, 0.05) is 6.54 Å². The van der Waals surface area contributed by atoms with Crippen LogP contribution in [0.2, 0.25) is 0 Å². The Labute approximate surface area is 110 Å². The minimum atomic E-state index is -0.278. The Balaban J connectivity index is 2.33. The van der Waals surface area contributed by atoms with Gasteiger partial charge >= 0.3 is 0 Å². The Morgan fingerprint density at radius 2 is 1.72 bits per heavy atom. The van der Waals surface area contributed by atoms with Crippen molar-refractivity contribution in [3.63, 3.8) is 0 Å². The van der Waals surface area contributed by atoms with Crippen molar-refractivity contribution in [1.82, 2.24) is 5.32 Å². The number of carbonyl (C=O) groups is 1. The summed E-state index contributed by atoms with van der Waals surface area (Å²) in [6.07, 6.45) is 1.03. The fourth-order valence-electron chi connectivity index (χ4n) is 1.43. The van der Waals surface area contributed by atoms with E-state index in [4.69, 9.17) is 4.74 Å². The molecule has 0 bridgehead atoms. The lowest BCUT2D eigenvalue weighted by atomic mass is 10.1. The fourth-order valence-corrected chi connectivity index (χ4v) is 1.43. The molecule has 0 aliphatic carbocycles. The van der Waals surface area contributed by atoms with Gasteiger partial charge in [0.2, 0.25) is 5.91 Å². The summed E-state index contributed by atoms with van der Waals surface area (Å²) in [5.41, 5.74) is 2.14. The Bertz CT molecular complexity index is 376. The van der Waals surface area contributed by atoms with E-state index in [1.165, 1.54) is 5.56 Å². The maximum absolute atomic E-state index is 11.6. The number of nitrogens with one attached hydrogen (secondary N) is 1. The minimum absolute atomic E-state index is 0.0792. The molecule has 18 heavy (non-hydrogen) atoms. The summed E-state index contributed by atoms with van der Waals surface area (Å²) in [4.78, 5) is 11.6. The van der Waals surface area contributed by atoms with Gasteiger partial charge in [0.15, 0.2) is 0 Å². The zero-order valence-electron chi connectivity index (χ0n) is 11.7. The molecule has 0 unspecified atom stereocenters. The highest BCUT2D eigenvalue weighted by molar-refractivity contribution is 5.77. The van der Waals surface area contributed by atoms with E-state index in [-0.39, 0.29) is 18.1 Å². The highest BCUT2D eigenvalue weighted by atomic mass is 16.5. The first-order valence-electron chi connectivity index (χ1n) is 6.39. The third-order valence-electron chi connectivity index (χ3n) is 2.56. The number of amides is 1. The molecule has 0 heterocycles. The molecule has 1 aromatic rings. The summed E-state index contributed by atoms with van der Waals surface area (Å²) in [5, 5.41) is 2.85. The van der Waals surface area contributed by atoms with E-state index < -0.39 is 0 Å². The lowest BCUT2D eigenvalue weighted by Gasteiger charge is -2.19. The van der Waals surface area contributed by atoms with E-state index in [1.807, 2.05) is 32.9 Å². The number of ether oxygens (including phenoxy) is 1. The first-order valence-corrected chi connectivity index (χ1v) is 6.39. The molecule has 0 aliphatic rings. The highest BCUT2D eigenvalue weighted by Crippen LogP contribution is 2.06. The number of carbonyl (C=O) groups excluding carboxylic acids is 1. The van der Waals surface area contributed by atoms with Gasteiger partial charge in [-0.25, -0.2) is 0 Å². The van der Waals surface area contributed by atoms with E-state index in [9.17, 15) is 4.79 Å². The highest BCUT2D eigenvalue weighted by Gasteiger charge is 2.12. The van der Waals surface area contributed by atoms with E-state index >= 15 is 0 Å². The van der Waals surface area contributed by atoms with E-state index in [0.29, 0.717) is 6.54 Å². The number of hydrogen-bond acceptors (Lipinski definition) is 2. The summed E-state index contributed by atoms with van der Waals surface area (Å²) < 4.78 is 5.40. The van der Waals surface area contributed by atoms with Crippen molar-refractivity contribution in [3.05, 3.63) is 35.4 Å². The smallest absolute Gasteiger partial charge is 0.246 e. The van der Waals surface area contributed by atoms with Crippen molar-refractivity contribution in [2.24, 2.45) is 0 Å². The molecule has 1 amide bonds. The molecule has 1 aromatic carbocycles. The third-order valence-corrected chi connectivity index (χ3v) is 2.56. The van der Waals surface area contributed by atoms with Gasteiger partial charge in [-0.15, -0.1) is 0 Å². The standard InChI is InChI=1S/C15H23NO2/c1-5-12-6-8-13(9-7-12)10-16-14(17)11-18-15(2,3)4/h6-9H,5,10-11H2,1-4H3,(H,16,17). The second-order valence-corrected chi connectivity index (χ2v) is 5.35. The predicted molar refractivity (Wildman–Crippen MR) is 73.4 cm³/mol. The molecule has 0 spiro atoms. The SMILES string of the molecule is CCc1ccc(CNC(=O)COC(C)(C)C)cc1. The zero-order valence-corrected chi connectivity index (χ0v) is 11.7. The van der Waals surface area contributed by atoms with Crippen LogP contribution in [0.1, 0.15) is 38.8 Å². The van der Waals surface area contributed by atoms with Crippen molar-refractivity contribution >= 4 is 5.91 Å². The number of benzene rings is 1. The van der Waals surface area contributed by atoms with Crippen LogP contribution in [0.5, 0.6) is 0 Å². The predicted octanol–water partition coefficient (Wildman–Crippen LogP) is 2.68. The Morgan fingerprint density at radius 1 is 1.17 bits per heavy atom. The Kier molecular flexibility index (Phi) is 5.35. The van der Waals surface area contributed by atoms with Crippen molar-refractivity contribution in [2.75, 3.05) is 6.61 Å². The van der Waals surface area contributed by atoms with Crippen LogP contribution in [0.3, 0.4) is 0 Å². The van der Waals surface area contributed by atoms with Crippen molar-refractivity contribution < 1.29 is 9.53 Å². The molecule has 0 radical (unpaired) electrons. The molecule has 100 valence electrons. The number of rotatable bonds is 5. The average molecular weight is 249 g/mol. The molecule has 0 atom stereocenters. The normalized spacial score (nSPS) is 11.3. The largest absolute Gasteiger partial charge is 0.366 e. The second-order valence-electron chi connectivity index (χ2n) is 5.35. The van der Waals surface area contributed by atoms with Crippen molar-refractivity contribution in [3.8, 4) is 0 Å². The Morgan fingerprint density at radius 3 is 2.22 bits per heavy atom. The molecule has 0 saturated carbocycles. The molecule has 3 nitrogen and oxygen atoms in total. The first kappa shape index (κ1) is 14.7. The zero-order chi connectivity index (χ0) is 13.6. The molecule has 1 N–H and O–H groups in total. The van der Waals surface area contributed by atoms with Gasteiger partial charge in [0.05, 0.1) is 5.60 Å².